The summed E-state index contributed by atoms with van der Waals surface area (Å²) in [6, 6.07) is 6.08. The maximum absolute atomic E-state index is 13.4. The summed E-state index contributed by atoms with van der Waals surface area (Å²) in [5.74, 6) is 2.20. The zero-order valence-corrected chi connectivity index (χ0v) is 19.4. The SMILES string of the molecule is Cc1ncoc1-c1nnc(SCCCN2CC[C@@]3(C[C@H]3c3ccccc3C(F)(F)F)C2)n1C. The van der Waals surface area contributed by atoms with Crippen molar-refractivity contribution in [3.63, 3.8) is 0 Å². The van der Waals surface area contributed by atoms with Gasteiger partial charge in [-0.05, 0) is 62.2 Å². The Labute approximate surface area is 194 Å². The average molecular weight is 478 g/mol. The molecule has 2 atom stereocenters. The zero-order valence-electron chi connectivity index (χ0n) is 18.6. The van der Waals surface area contributed by atoms with Gasteiger partial charge in [-0.1, -0.05) is 30.0 Å². The molecule has 1 saturated carbocycles. The van der Waals surface area contributed by atoms with Crippen LogP contribution in [0.25, 0.3) is 11.6 Å². The first-order valence-corrected chi connectivity index (χ1v) is 12.1. The lowest BCUT2D eigenvalue weighted by molar-refractivity contribution is -0.138. The minimum Gasteiger partial charge on any atom is -0.440 e. The number of likely N-dealkylation sites (tertiary alicyclic amines) is 1. The Morgan fingerprint density at radius 2 is 2.06 bits per heavy atom. The Hall–Kier alpha value is -2.33. The summed E-state index contributed by atoms with van der Waals surface area (Å²) in [4.78, 5) is 6.50. The minimum atomic E-state index is -4.29. The van der Waals surface area contributed by atoms with E-state index in [-0.39, 0.29) is 11.3 Å². The van der Waals surface area contributed by atoms with Crippen LogP contribution in [0.5, 0.6) is 0 Å². The van der Waals surface area contributed by atoms with Gasteiger partial charge in [0.1, 0.15) is 0 Å². The predicted octanol–water partition coefficient (Wildman–Crippen LogP) is 5.16. The van der Waals surface area contributed by atoms with Crippen LogP contribution in [0.2, 0.25) is 0 Å². The van der Waals surface area contributed by atoms with Crippen molar-refractivity contribution in [1.82, 2.24) is 24.6 Å². The second-order valence-corrected chi connectivity index (χ2v) is 10.1. The number of rotatable bonds is 7. The Morgan fingerprint density at radius 3 is 2.82 bits per heavy atom. The largest absolute Gasteiger partial charge is 0.440 e. The number of thioether (sulfide) groups is 1. The summed E-state index contributed by atoms with van der Waals surface area (Å²) in [7, 11) is 1.91. The van der Waals surface area contributed by atoms with Crippen LogP contribution >= 0.6 is 11.8 Å². The molecular formula is C23H26F3N5OS. The Morgan fingerprint density at radius 1 is 1.24 bits per heavy atom. The first kappa shape index (κ1) is 22.5. The third-order valence-corrected chi connectivity index (χ3v) is 8.04. The Balaban J connectivity index is 1.12. The summed E-state index contributed by atoms with van der Waals surface area (Å²) in [6.07, 6.45) is -0.0781. The van der Waals surface area contributed by atoms with Crippen molar-refractivity contribution in [1.29, 1.82) is 0 Å². The fourth-order valence-electron chi connectivity index (χ4n) is 5.08. The molecule has 0 radical (unpaired) electrons. The highest BCUT2D eigenvalue weighted by molar-refractivity contribution is 7.99. The molecule has 0 bridgehead atoms. The van der Waals surface area contributed by atoms with E-state index >= 15 is 0 Å². The van der Waals surface area contributed by atoms with Crippen LogP contribution in [-0.4, -0.2) is 50.0 Å². The molecule has 0 amide bonds. The van der Waals surface area contributed by atoms with Crippen molar-refractivity contribution in [3.8, 4) is 11.6 Å². The molecule has 1 aromatic carbocycles. The molecule has 1 aliphatic heterocycles. The van der Waals surface area contributed by atoms with Gasteiger partial charge in [0.2, 0.25) is 5.82 Å². The summed E-state index contributed by atoms with van der Waals surface area (Å²) in [5, 5.41) is 9.33. The highest BCUT2D eigenvalue weighted by Gasteiger charge is 2.59. The molecular weight excluding hydrogens is 451 g/mol. The molecule has 1 saturated heterocycles. The molecule has 2 fully saturated rings. The maximum Gasteiger partial charge on any atom is 0.416 e. The quantitative estimate of drug-likeness (QED) is 0.346. The first-order chi connectivity index (χ1) is 15.8. The molecule has 3 aromatic rings. The number of hydrogen-bond acceptors (Lipinski definition) is 6. The summed E-state index contributed by atoms with van der Waals surface area (Å²) in [6.45, 7) is 4.64. The summed E-state index contributed by atoms with van der Waals surface area (Å²) >= 11 is 1.65. The fraction of sp³-hybridized carbons (Fsp3) is 0.522. The van der Waals surface area contributed by atoms with E-state index in [1.165, 1.54) is 18.5 Å². The number of nitrogens with zero attached hydrogens (tertiary/aromatic N) is 5. The zero-order chi connectivity index (χ0) is 23.2. The van der Waals surface area contributed by atoms with Gasteiger partial charge < -0.3 is 13.9 Å². The van der Waals surface area contributed by atoms with Crippen LogP contribution in [0.3, 0.4) is 0 Å². The Kier molecular flexibility index (Phi) is 5.76. The predicted molar refractivity (Wildman–Crippen MR) is 119 cm³/mol. The second-order valence-electron chi connectivity index (χ2n) is 9.06. The molecule has 2 aliphatic rings. The highest BCUT2D eigenvalue weighted by atomic mass is 32.2. The molecule has 6 nitrogen and oxygen atoms in total. The molecule has 176 valence electrons. The monoisotopic (exact) mass is 477 g/mol. The number of halogens is 3. The second kappa shape index (κ2) is 8.47. The first-order valence-electron chi connectivity index (χ1n) is 11.1. The van der Waals surface area contributed by atoms with Gasteiger partial charge in [-0.3, -0.25) is 0 Å². The molecule has 10 heteroatoms. The average Bonchev–Trinajstić information content (AvgIpc) is 3.05. The van der Waals surface area contributed by atoms with Crippen LogP contribution < -0.4 is 0 Å². The van der Waals surface area contributed by atoms with E-state index in [0.717, 1.165) is 55.5 Å². The third-order valence-electron chi connectivity index (χ3n) is 6.93. The highest BCUT2D eigenvalue weighted by Crippen LogP contribution is 2.65. The molecule has 1 spiro atoms. The van der Waals surface area contributed by atoms with Gasteiger partial charge in [0, 0.05) is 19.3 Å². The van der Waals surface area contributed by atoms with Crippen molar-refractivity contribution in [2.24, 2.45) is 12.5 Å². The van der Waals surface area contributed by atoms with E-state index < -0.39 is 11.7 Å². The topological polar surface area (TPSA) is 60.0 Å². The van der Waals surface area contributed by atoms with Crippen LogP contribution in [-0.2, 0) is 13.2 Å². The van der Waals surface area contributed by atoms with Crippen LogP contribution in [0, 0.1) is 12.3 Å². The van der Waals surface area contributed by atoms with E-state index in [0.29, 0.717) is 17.1 Å². The number of alkyl halides is 3. The molecule has 0 unspecified atom stereocenters. The summed E-state index contributed by atoms with van der Waals surface area (Å²) in [5.41, 5.74) is 0.802. The lowest BCUT2D eigenvalue weighted by atomic mass is 9.95. The molecule has 3 heterocycles. The number of benzene rings is 1. The van der Waals surface area contributed by atoms with E-state index in [4.69, 9.17) is 4.42 Å². The van der Waals surface area contributed by atoms with Crippen LogP contribution in [0.4, 0.5) is 13.2 Å². The number of aryl methyl sites for hydroxylation is 1. The van der Waals surface area contributed by atoms with Gasteiger partial charge in [-0.2, -0.15) is 13.2 Å². The number of aromatic nitrogens is 4. The van der Waals surface area contributed by atoms with Crippen molar-refractivity contribution in [2.45, 2.75) is 43.4 Å². The standard InChI is InChI=1S/C23H26F3N5OS/c1-15-19(32-14-27-15)20-28-29-21(30(20)2)33-11-5-9-31-10-8-22(13-31)12-18(22)16-6-3-4-7-17(16)23(24,25)26/h3-4,6-7,14,18H,5,8-13H2,1-2H3/t18-,22+/m0/s1. The van der Waals surface area contributed by atoms with Gasteiger partial charge in [0.05, 0.1) is 11.3 Å². The maximum atomic E-state index is 13.4. The van der Waals surface area contributed by atoms with Crippen molar-refractivity contribution >= 4 is 11.8 Å². The smallest absolute Gasteiger partial charge is 0.416 e. The normalized spacial score (nSPS) is 23.0. The molecule has 5 rings (SSSR count). The number of hydrogen-bond donors (Lipinski definition) is 0. The number of oxazole rings is 1. The molecule has 2 aromatic heterocycles. The fourth-order valence-corrected chi connectivity index (χ4v) is 5.91. The van der Waals surface area contributed by atoms with Crippen molar-refractivity contribution in [2.75, 3.05) is 25.4 Å². The molecule has 1 aliphatic carbocycles. The van der Waals surface area contributed by atoms with Gasteiger partial charge in [-0.15, -0.1) is 10.2 Å². The van der Waals surface area contributed by atoms with E-state index in [2.05, 4.69) is 20.1 Å². The molecule has 33 heavy (non-hydrogen) atoms. The van der Waals surface area contributed by atoms with Gasteiger partial charge in [0.25, 0.3) is 0 Å². The van der Waals surface area contributed by atoms with Crippen LogP contribution in [0.1, 0.15) is 42.0 Å². The van der Waals surface area contributed by atoms with E-state index in [9.17, 15) is 13.2 Å². The van der Waals surface area contributed by atoms with Gasteiger partial charge >= 0.3 is 6.18 Å². The lowest BCUT2D eigenvalue weighted by Crippen LogP contribution is -2.23. The van der Waals surface area contributed by atoms with E-state index in [1.807, 2.05) is 18.5 Å². The Bertz CT molecular complexity index is 1140. The summed E-state index contributed by atoms with van der Waals surface area (Å²) < 4.78 is 47.6. The van der Waals surface area contributed by atoms with Crippen LogP contribution in [0.15, 0.2) is 40.2 Å². The minimum absolute atomic E-state index is 0.0158. The molecule has 0 N–H and O–H groups in total. The van der Waals surface area contributed by atoms with Crippen molar-refractivity contribution < 1.29 is 17.6 Å². The van der Waals surface area contributed by atoms with Gasteiger partial charge in [0.15, 0.2) is 17.3 Å². The van der Waals surface area contributed by atoms with Crippen molar-refractivity contribution in [3.05, 3.63) is 47.5 Å². The van der Waals surface area contributed by atoms with Gasteiger partial charge in [-0.25, -0.2) is 4.98 Å². The lowest BCUT2D eigenvalue weighted by Gasteiger charge is -2.17. The van der Waals surface area contributed by atoms with E-state index in [1.54, 1.807) is 23.9 Å². The third kappa shape index (κ3) is 4.30.